The van der Waals surface area contributed by atoms with E-state index in [-0.39, 0.29) is 23.9 Å². The first-order valence-corrected chi connectivity index (χ1v) is 7.05. The normalized spacial score (nSPS) is 10.8. The van der Waals surface area contributed by atoms with E-state index in [0.29, 0.717) is 5.56 Å². The van der Waals surface area contributed by atoms with Gasteiger partial charge in [-0.05, 0) is 24.3 Å². The number of sulfonamides is 1. The standard InChI is InChI=1S/C12H11N3O4S/c16-7-1-2-10-3-5-11(6-4-10)20(17,18)14-8-12-13-9-19-15-12/h3-6,9,14,16H,7-8H2. The van der Waals surface area contributed by atoms with Gasteiger partial charge in [0.05, 0.1) is 11.4 Å². The highest BCUT2D eigenvalue weighted by Gasteiger charge is 2.14. The Morgan fingerprint density at radius 1 is 1.30 bits per heavy atom. The molecule has 7 nitrogen and oxygen atoms in total. The molecule has 0 bridgehead atoms. The van der Waals surface area contributed by atoms with Gasteiger partial charge in [0.2, 0.25) is 16.4 Å². The zero-order chi connectivity index (χ0) is 14.4. The van der Waals surface area contributed by atoms with Crippen molar-refractivity contribution in [3.8, 4) is 11.8 Å². The summed E-state index contributed by atoms with van der Waals surface area (Å²) in [5.74, 6) is 5.41. The van der Waals surface area contributed by atoms with Crippen LogP contribution in [-0.2, 0) is 16.6 Å². The van der Waals surface area contributed by atoms with E-state index < -0.39 is 10.0 Å². The fourth-order valence-electron chi connectivity index (χ4n) is 1.37. The van der Waals surface area contributed by atoms with Crippen LogP contribution in [0.25, 0.3) is 0 Å². The number of nitrogens with one attached hydrogen (secondary N) is 1. The molecule has 0 aliphatic heterocycles. The summed E-state index contributed by atoms with van der Waals surface area (Å²) in [7, 11) is -3.64. The highest BCUT2D eigenvalue weighted by atomic mass is 32.2. The third-order valence-corrected chi connectivity index (χ3v) is 3.72. The van der Waals surface area contributed by atoms with Crippen molar-refractivity contribution < 1.29 is 18.0 Å². The maximum absolute atomic E-state index is 12.0. The lowest BCUT2D eigenvalue weighted by Crippen LogP contribution is -2.23. The molecule has 0 radical (unpaired) electrons. The van der Waals surface area contributed by atoms with Crippen LogP contribution in [0.2, 0.25) is 0 Å². The number of nitrogens with zero attached hydrogens (tertiary/aromatic N) is 2. The second kappa shape index (κ2) is 6.29. The van der Waals surface area contributed by atoms with Gasteiger partial charge < -0.3 is 9.63 Å². The van der Waals surface area contributed by atoms with Gasteiger partial charge in [-0.25, -0.2) is 13.1 Å². The molecular weight excluding hydrogens is 282 g/mol. The van der Waals surface area contributed by atoms with Crippen LogP contribution >= 0.6 is 0 Å². The van der Waals surface area contributed by atoms with Crippen LogP contribution in [0.1, 0.15) is 11.4 Å². The molecule has 1 aromatic heterocycles. The summed E-state index contributed by atoms with van der Waals surface area (Å²) >= 11 is 0. The number of aliphatic hydroxyl groups excluding tert-OH is 1. The molecule has 0 saturated carbocycles. The molecule has 1 heterocycles. The molecule has 2 aromatic rings. The molecule has 0 saturated heterocycles. The summed E-state index contributed by atoms with van der Waals surface area (Å²) in [5.41, 5.74) is 0.621. The van der Waals surface area contributed by atoms with Crippen LogP contribution < -0.4 is 4.72 Å². The molecule has 0 aliphatic rings. The van der Waals surface area contributed by atoms with Crippen molar-refractivity contribution in [2.24, 2.45) is 0 Å². The van der Waals surface area contributed by atoms with Crippen molar-refractivity contribution in [3.63, 3.8) is 0 Å². The highest BCUT2D eigenvalue weighted by Crippen LogP contribution is 2.10. The molecule has 20 heavy (non-hydrogen) atoms. The molecular formula is C12H11N3O4S. The maximum atomic E-state index is 12.0. The lowest BCUT2D eigenvalue weighted by molar-refractivity contribution is 0.350. The fraction of sp³-hybridized carbons (Fsp3) is 0.167. The van der Waals surface area contributed by atoms with Crippen molar-refractivity contribution in [1.82, 2.24) is 14.9 Å². The van der Waals surface area contributed by atoms with Crippen molar-refractivity contribution in [2.75, 3.05) is 6.61 Å². The number of aliphatic hydroxyl groups is 1. The van der Waals surface area contributed by atoms with Gasteiger partial charge in [-0.3, -0.25) is 0 Å². The monoisotopic (exact) mass is 293 g/mol. The number of aromatic nitrogens is 2. The maximum Gasteiger partial charge on any atom is 0.240 e. The minimum Gasteiger partial charge on any atom is -0.384 e. The summed E-state index contributed by atoms with van der Waals surface area (Å²) in [5, 5.41) is 12.1. The van der Waals surface area contributed by atoms with E-state index in [2.05, 4.69) is 31.2 Å². The van der Waals surface area contributed by atoms with E-state index in [1.165, 1.54) is 12.1 Å². The van der Waals surface area contributed by atoms with Gasteiger partial charge in [0.25, 0.3) is 0 Å². The Morgan fingerprint density at radius 3 is 2.65 bits per heavy atom. The second-order valence-corrected chi connectivity index (χ2v) is 5.42. The second-order valence-electron chi connectivity index (χ2n) is 3.66. The van der Waals surface area contributed by atoms with Crippen LogP contribution in [0.4, 0.5) is 0 Å². The predicted octanol–water partition coefficient (Wildman–Crippen LogP) is -0.108. The minimum absolute atomic E-state index is 0.0507. The average Bonchev–Trinajstić information content (AvgIpc) is 2.97. The van der Waals surface area contributed by atoms with Crippen molar-refractivity contribution in [3.05, 3.63) is 42.0 Å². The van der Waals surface area contributed by atoms with Crippen LogP contribution in [0.3, 0.4) is 0 Å². The van der Waals surface area contributed by atoms with Gasteiger partial charge in [-0.2, -0.15) is 4.98 Å². The van der Waals surface area contributed by atoms with Crippen molar-refractivity contribution in [2.45, 2.75) is 11.4 Å². The Hall–Kier alpha value is -2.21. The zero-order valence-corrected chi connectivity index (χ0v) is 11.1. The summed E-state index contributed by atoms with van der Waals surface area (Å²) in [6.07, 6.45) is 1.12. The van der Waals surface area contributed by atoms with Crippen molar-refractivity contribution >= 4 is 10.0 Å². The Labute approximate surface area is 115 Å². The number of hydrogen-bond donors (Lipinski definition) is 2. The predicted molar refractivity (Wildman–Crippen MR) is 68.7 cm³/mol. The first kappa shape index (κ1) is 14.2. The SMILES string of the molecule is O=S(=O)(NCc1ncon1)c1ccc(C#CCO)cc1. The molecule has 0 atom stereocenters. The van der Waals surface area contributed by atoms with Crippen LogP contribution in [0.5, 0.6) is 0 Å². The lowest BCUT2D eigenvalue weighted by Gasteiger charge is -2.04. The zero-order valence-electron chi connectivity index (χ0n) is 10.3. The molecule has 0 amide bonds. The summed E-state index contributed by atoms with van der Waals surface area (Å²) < 4.78 is 30.8. The first-order chi connectivity index (χ1) is 9.62. The van der Waals surface area contributed by atoms with Gasteiger partial charge in [0.1, 0.15) is 6.61 Å². The lowest BCUT2D eigenvalue weighted by atomic mass is 10.2. The molecule has 0 spiro atoms. The van der Waals surface area contributed by atoms with Gasteiger partial charge in [-0.15, -0.1) is 0 Å². The van der Waals surface area contributed by atoms with Crippen LogP contribution in [0.15, 0.2) is 40.1 Å². The molecule has 2 N–H and O–H groups in total. The molecule has 0 fully saturated rings. The largest absolute Gasteiger partial charge is 0.384 e. The Kier molecular flexibility index (Phi) is 4.47. The highest BCUT2D eigenvalue weighted by molar-refractivity contribution is 7.89. The number of benzene rings is 1. The molecule has 0 unspecified atom stereocenters. The molecule has 2 rings (SSSR count). The number of rotatable bonds is 4. The van der Waals surface area contributed by atoms with E-state index in [0.717, 1.165) is 6.39 Å². The van der Waals surface area contributed by atoms with E-state index >= 15 is 0 Å². The first-order valence-electron chi connectivity index (χ1n) is 5.56. The van der Waals surface area contributed by atoms with Gasteiger partial charge in [-0.1, -0.05) is 17.0 Å². The number of hydrogen-bond acceptors (Lipinski definition) is 6. The third kappa shape index (κ3) is 3.64. The molecule has 0 aliphatic carbocycles. The van der Waals surface area contributed by atoms with E-state index in [1.807, 2.05) is 0 Å². The van der Waals surface area contributed by atoms with Crippen LogP contribution in [-0.4, -0.2) is 30.3 Å². The van der Waals surface area contributed by atoms with E-state index in [9.17, 15) is 8.42 Å². The Bertz CT molecular complexity index is 712. The van der Waals surface area contributed by atoms with E-state index in [1.54, 1.807) is 12.1 Å². The van der Waals surface area contributed by atoms with E-state index in [4.69, 9.17) is 5.11 Å². The van der Waals surface area contributed by atoms with Crippen molar-refractivity contribution in [1.29, 1.82) is 0 Å². The van der Waals surface area contributed by atoms with Crippen LogP contribution in [0, 0.1) is 11.8 Å². The molecule has 104 valence electrons. The summed E-state index contributed by atoms with van der Waals surface area (Å²) in [4.78, 5) is 3.82. The van der Waals surface area contributed by atoms with Gasteiger partial charge in [0, 0.05) is 5.56 Å². The quantitative estimate of drug-likeness (QED) is 0.762. The third-order valence-electron chi connectivity index (χ3n) is 2.30. The molecule has 8 heteroatoms. The topological polar surface area (TPSA) is 105 Å². The molecule has 1 aromatic carbocycles. The van der Waals surface area contributed by atoms with Gasteiger partial charge in [0.15, 0.2) is 5.82 Å². The minimum atomic E-state index is -3.64. The average molecular weight is 293 g/mol. The summed E-state index contributed by atoms with van der Waals surface area (Å²) in [6.45, 7) is -0.294. The van der Waals surface area contributed by atoms with Gasteiger partial charge >= 0.3 is 0 Å². The fourth-order valence-corrected chi connectivity index (χ4v) is 2.35. The Morgan fingerprint density at radius 2 is 2.05 bits per heavy atom. The Balaban J connectivity index is 2.09. The summed E-state index contributed by atoms with van der Waals surface area (Å²) in [6, 6.07) is 5.98. The smallest absolute Gasteiger partial charge is 0.240 e.